The van der Waals surface area contributed by atoms with E-state index in [0.717, 1.165) is 4.90 Å². The number of amidine groups is 1. The number of hydrogen-bond acceptors (Lipinski definition) is 14. The molecule has 0 aliphatic rings. The Morgan fingerprint density at radius 3 is 1.33 bits per heavy atom. The smallest absolute Gasteiger partial charge is 0.445 e. The maximum atomic E-state index is 15.6. The quantitative estimate of drug-likeness (QED) is 0.0214. The highest BCUT2D eigenvalue weighted by Crippen LogP contribution is 2.30. The lowest BCUT2D eigenvalue weighted by Crippen LogP contribution is -2.58. The summed E-state index contributed by atoms with van der Waals surface area (Å²) in [7, 11) is 1.23. The van der Waals surface area contributed by atoms with E-state index in [2.05, 4.69) is 15.6 Å². The summed E-state index contributed by atoms with van der Waals surface area (Å²) < 4.78 is 73.6. The molecular weight excluding hydrogens is 1070 g/mol. The van der Waals surface area contributed by atoms with Gasteiger partial charge in [-0.05, 0) is 64.2 Å². The molecule has 6 rings (SSSR count). The lowest BCUT2D eigenvalue weighted by Gasteiger charge is -2.31. The number of thioether (sulfide) groups is 1. The second kappa shape index (κ2) is 31.5. The van der Waals surface area contributed by atoms with Crippen LogP contribution in [0.1, 0.15) is 46.2 Å². The van der Waals surface area contributed by atoms with Crippen molar-refractivity contribution in [2.45, 2.75) is 76.7 Å². The lowest BCUT2D eigenvalue weighted by atomic mass is 10.0. The third kappa shape index (κ3) is 19.7. The normalized spacial score (nSPS) is 12.4. The Morgan fingerprint density at radius 1 is 0.568 bits per heavy atom. The molecule has 6 aromatic carbocycles. The number of carbonyl (C=O) groups excluding carboxylic acids is 6. The van der Waals surface area contributed by atoms with Crippen LogP contribution >= 0.6 is 11.8 Å². The summed E-state index contributed by atoms with van der Waals surface area (Å²) in [6.45, 7) is -2.13. The van der Waals surface area contributed by atoms with Crippen molar-refractivity contribution in [2.24, 2.45) is 4.99 Å². The maximum Gasteiger partial charge on any atom is 0.515 e. The fraction of sp³-hybridized carbons (Fsp3) is 0.254. The number of ether oxygens (including phenoxy) is 5. The van der Waals surface area contributed by atoms with Crippen LogP contribution in [-0.2, 0) is 67.9 Å². The number of likely N-dealkylation sites (N-methyl/N-ethyl adjacent to an activating group) is 1. The van der Waals surface area contributed by atoms with Gasteiger partial charge in [-0.1, -0.05) is 187 Å². The van der Waals surface area contributed by atoms with Crippen molar-refractivity contribution < 1.29 is 75.3 Å². The molecule has 2 unspecified atom stereocenters. The molecule has 0 saturated heterocycles. The van der Waals surface area contributed by atoms with Crippen LogP contribution in [0.5, 0.6) is 0 Å². The first-order chi connectivity index (χ1) is 39.1. The number of carbonyl (C=O) groups is 6. The van der Waals surface area contributed by atoms with Gasteiger partial charge in [0.1, 0.15) is 45.1 Å². The van der Waals surface area contributed by atoms with Crippen LogP contribution in [0.4, 0.5) is 37.1 Å². The highest BCUT2D eigenvalue weighted by molar-refractivity contribution is 8.13. The predicted octanol–water partition coefficient (Wildman–Crippen LogP) is 10.4. The van der Waals surface area contributed by atoms with Gasteiger partial charge in [-0.25, -0.2) is 19.2 Å². The van der Waals surface area contributed by atoms with E-state index in [1.807, 2.05) is 0 Å². The fourth-order valence-corrected chi connectivity index (χ4v) is 8.53. The molecule has 0 bridgehead atoms. The molecule has 3 atom stereocenters. The van der Waals surface area contributed by atoms with Crippen molar-refractivity contribution in [3.8, 4) is 0 Å². The Hall–Kier alpha value is -9.02. The Kier molecular flexibility index (Phi) is 23.8. The van der Waals surface area contributed by atoms with Crippen LogP contribution in [0, 0.1) is 0 Å². The van der Waals surface area contributed by atoms with Gasteiger partial charge in [0, 0.05) is 20.0 Å². The minimum Gasteiger partial charge on any atom is -0.445 e. The number of alkyl halides is 3. The van der Waals surface area contributed by atoms with Crippen molar-refractivity contribution in [1.29, 1.82) is 0 Å². The van der Waals surface area contributed by atoms with E-state index in [1.54, 1.807) is 182 Å². The average Bonchev–Trinajstić information content (AvgIpc) is 3.51. The van der Waals surface area contributed by atoms with Crippen molar-refractivity contribution in [1.82, 2.24) is 20.4 Å². The Bertz CT molecular complexity index is 2980. The number of aliphatic imine (C=N–C) groups is 1. The van der Waals surface area contributed by atoms with Gasteiger partial charge >= 0.3 is 47.7 Å². The van der Waals surface area contributed by atoms with Gasteiger partial charge in [-0.15, -0.1) is 4.90 Å². The second-order valence-electron chi connectivity index (χ2n) is 17.8. The van der Waals surface area contributed by atoms with Gasteiger partial charge in [0.25, 0.3) is 0 Å². The largest absolute Gasteiger partial charge is 0.515 e. The number of imide groups is 1. The summed E-state index contributed by atoms with van der Waals surface area (Å²) in [6.07, 6.45) is -15.4. The molecule has 18 nitrogen and oxygen atoms in total. The summed E-state index contributed by atoms with van der Waals surface area (Å²) in [4.78, 5) is 90.8. The Morgan fingerprint density at radius 2 is 0.938 bits per heavy atom. The number of guanidine groups is 1. The minimum absolute atomic E-state index is 0.194. The number of benzene rings is 6. The zero-order valence-electron chi connectivity index (χ0n) is 44.2. The summed E-state index contributed by atoms with van der Waals surface area (Å²) >= 11 is 0.468. The van der Waals surface area contributed by atoms with Crippen LogP contribution in [0.3, 0.4) is 0 Å². The lowest BCUT2D eigenvalue weighted by molar-refractivity contribution is -0.384. The van der Waals surface area contributed by atoms with Crippen molar-refractivity contribution in [3.63, 3.8) is 0 Å². The number of nitrogens with one attached hydrogen (secondary N) is 2. The molecule has 0 fully saturated rings. The van der Waals surface area contributed by atoms with Gasteiger partial charge in [0.05, 0.1) is 0 Å². The van der Waals surface area contributed by atoms with E-state index in [4.69, 9.17) is 23.7 Å². The first-order valence-electron chi connectivity index (χ1n) is 25.3. The average molecular weight is 1130 g/mol. The Labute approximate surface area is 470 Å². The number of hydrogen-bond donors (Lipinski definition) is 3. The van der Waals surface area contributed by atoms with Crippen LogP contribution in [0.2, 0.25) is 0 Å². The van der Waals surface area contributed by atoms with Crippen molar-refractivity contribution in [2.75, 3.05) is 19.8 Å². The topological polar surface area (TPSA) is 215 Å². The number of aliphatic hydroxyl groups excluding tert-OH is 1. The molecule has 3 N–H and O–H groups in total. The number of nitrogens with zero attached hydrogens (tertiary/aromatic N) is 4. The van der Waals surface area contributed by atoms with E-state index in [1.165, 1.54) is 13.3 Å². The standard InChI is InChI=1S/C59H59F3N6O12S/c1-66(56(73)78-39-45-28-15-6-16-29-45)49(36-42-22-9-3-10-23-42)51(70)68(58(75)80-41-47-32-19-8-20-33-47)55(81-2)67(57(74)79-40-46-30-17-7-18-31-46)48(50(69)59(60,61)62)34-21-35-63-52(64-53(71)76-37-43-24-11-4-12-25-43)65-54(72)77-38-44-26-13-5-14-27-44/h3-20,22-33,48-50,69H,21,34-41H2,1-2H3,(H-,63,64,65,71,72)/p+1/t48?,49-,50?/m1/s1. The van der Waals surface area contributed by atoms with Crippen LogP contribution < -0.4 is 10.6 Å². The first-order valence-corrected chi connectivity index (χ1v) is 26.5. The van der Waals surface area contributed by atoms with E-state index in [9.17, 15) is 29.1 Å². The van der Waals surface area contributed by atoms with Gasteiger partial charge in [0.2, 0.25) is 5.96 Å². The monoisotopic (exact) mass is 1130 g/mol. The van der Waals surface area contributed by atoms with Crippen LogP contribution in [0.25, 0.3) is 0 Å². The number of amides is 6. The van der Waals surface area contributed by atoms with Gasteiger partial charge in [-0.3, -0.25) is 20.5 Å². The molecule has 0 aliphatic carbocycles. The molecule has 6 aromatic rings. The zero-order valence-corrected chi connectivity index (χ0v) is 45.0. The minimum atomic E-state index is -5.48. The summed E-state index contributed by atoms with van der Waals surface area (Å²) in [5.41, 5.74) is 3.15. The third-order valence-electron chi connectivity index (χ3n) is 11.9. The SMILES string of the molecule is CSC(N(C(=O)OCc1ccccc1)C(CCCN=C(NC(=O)OCc1ccccc1)NC(=O)OCc1ccccc1)C(O)C(F)(F)F)=[N+](C(=O)OCc1ccccc1)C(=O)[C@@H](Cc1ccccc1)N(C)C(=O)OCc1ccccc1. The van der Waals surface area contributed by atoms with Gasteiger partial charge in [0.15, 0.2) is 6.10 Å². The molecule has 0 aliphatic heterocycles. The molecule has 6 amide bonds. The van der Waals surface area contributed by atoms with Gasteiger partial charge < -0.3 is 28.8 Å². The molecule has 0 spiro atoms. The van der Waals surface area contributed by atoms with E-state index in [-0.39, 0.29) is 26.2 Å². The van der Waals surface area contributed by atoms with E-state index < -0.39 is 104 Å². The van der Waals surface area contributed by atoms with E-state index >= 15 is 18.0 Å². The maximum absolute atomic E-state index is 15.6. The summed E-state index contributed by atoms with van der Waals surface area (Å²) in [5.74, 6) is -1.80. The first kappa shape index (κ1) is 61.2. The summed E-state index contributed by atoms with van der Waals surface area (Å²) in [5, 5.41) is 15.2. The van der Waals surface area contributed by atoms with Crippen LogP contribution in [0.15, 0.2) is 187 Å². The number of aliphatic hydroxyl groups is 1. The molecule has 0 saturated carbocycles. The molecule has 81 heavy (non-hydrogen) atoms. The predicted molar refractivity (Wildman–Crippen MR) is 294 cm³/mol. The Balaban J connectivity index is 1.42. The van der Waals surface area contributed by atoms with E-state index in [0.29, 0.717) is 54.6 Å². The second-order valence-corrected chi connectivity index (χ2v) is 18.5. The number of halogens is 3. The highest BCUT2D eigenvalue weighted by Gasteiger charge is 2.54. The van der Waals surface area contributed by atoms with Crippen molar-refractivity contribution >= 4 is 59.3 Å². The molecule has 22 heteroatoms. The fourth-order valence-electron chi connectivity index (χ4n) is 7.77. The molecule has 0 aromatic heterocycles. The van der Waals surface area contributed by atoms with Gasteiger partial charge in [-0.2, -0.15) is 22.8 Å². The van der Waals surface area contributed by atoms with Crippen LogP contribution in [-0.4, -0.2) is 111 Å². The molecule has 0 radical (unpaired) electrons. The molecular formula is C59H60F3N6O12S+. The van der Waals surface area contributed by atoms with Crippen molar-refractivity contribution in [3.05, 3.63) is 215 Å². The molecule has 0 heterocycles. The zero-order chi connectivity index (χ0) is 58.0. The summed E-state index contributed by atoms with van der Waals surface area (Å²) in [6, 6.07) is 46.4. The number of alkyl carbamates (subject to hydrolysis) is 2. The highest BCUT2D eigenvalue weighted by atomic mass is 32.2. The number of rotatable bonds is 20. The molecule has 424 valence electrons. The third-order valence-corrected chi connectivity index (χ3v) is 12.7.